The summed E-state index contributed by atoms with van der Waals surface area (Å²) in [6.07, 6.45) is 5.47. The van der Waals surface area contributed by atoms with E-state index in [0.717, 1.165) is 22.7 Å². The molecular formula is C21H21N5. The Balaban J connectivity index is 1.63. The molecule has 2 aromatic heterocycles. The Labute approximate surface area is 152 Å². The lowest BCUT2D eigenvalue weighted by Crippen LogP contribution is -2.02. The molecule has 5 nitrogen and oxygen atoms in total. The van der Waals surface area contributed by atoms with Gasteiger partial charge in [-0.15, -0.1) is 0 Å². The Morgan fingerprint density at radius 3 is 2.42 bits per heavy atom. The highest BCUT2D eigenvalue weighted by atomic mass is 15.0. The average Bonchev–Trinajstić information content (AvgIpc) is 3.28. The Bertz CT molecular complexity index is 1020. The van der Waals surface area contributed by atoms with Crippen molar-refractivity contribution < 1.29 is 0 Å². The van der Waals surface area contributed by atoms with Crippen molar-refractivity contribution >= 4 is 17.1 Å². The summed E-state index contributed by atoms with van der Waals surface area (Å²) < 4.78 is 4.16. The number of hydrogen-bond acceptors (Lipinski definition) is 3. The number of nitrogens with zero attached hydrogens (tertiary/aromatic N) is 3. The summed E-state index contributed by atoms with van der Waals surface area (Å²) in [7, 11) is 0. The average molecular weight is 343 g/mol. The van der Waals surface area contributed by atoms with Crippen LogP contribution < -0.4 is 11.1 Å². The maximum atomic E-state index is 6.32. The first kappa shape index (κ1) is 16.0. The third-order valence-corrected chi connectivity index (χ3v) is 4.49. The first-order valence-electron chi connectivity index (χ1n) is 8.52. The van der Waals surface area contributed by atoms with E-state index in [1.54, 1.807) is 12.5 Å². The summed E-state index contributed by atoms with van der Waals surface area (Å²) in [5, 5.41) is 3.41. The molecule has 0 radical (unpaired) electrons. The van der Waals surface area contributed by atoms with Crippen LogP contribution in [0.3, 0.4) is 0 Å². The van der Waals surface area contributed by atoms with Crippen LogP contribution in [-0.2, 0) is 0 Å². The van der Waals surface area contributed by atoms with Gasteiger partial charge >= 0.3 is 0 Å². The van der Waals surface area contributed by atoms with Crippen LogP contribution in [0, 0.1) is 13.8 Å². The predicted octanol–water partition coefficient (Wildman–Crippen LogP) is 4.61. The smallest absolute Gasteiger partial charge is 0.0991 e. The van der Waals surface area contributed by atoms with Crippen LogP contribution in [0.5, 0.6) is 0 Å². The molecule has 0 unspecified atom stereocenters. The predicted molar refractivity (Wildman–Crippen MR) is 107 cm³/mol. The fourth-order valence-corrected chi connectivity index (χ4v) is 3.19. The highest BCUT2D eigenvalue weighted by molar-refractivity contribution is 5.75. The van der Waals surface area contributed by atoms with Gasteiger partial charge in [-0.2, -0.15) is 0 Å². The van der Waals surface area contributed by atoms with Crippen molar-refractivity contribution in [2.24, 2.45) is 0 Å². The number of aryl methyl sites for hydroxylation is 2. The molecule has 0 saturated heterocycles. The lowest BCUT2D eigenvalue weighted by Gasteiger charge is -2.14. The number of nitrogens with one attached hydrogen (secondary N) is 1. The first-order valence-corrected chi connectivity index (χ1v) is 8.52. The second-order valence-electron chi connectivity index (χ2n) is 6.37. The number of nitrogen functional groups attached to an aromatic ring is 1. The van der Waals surface area contributed by atoms with Gasteiger partial charge in [0.2, 0.25) is 0 Å². The highest BCUT2D eigenvalue weighted by Crippen LogP contribution is 2.28. The van der Waals surface area contributed by atoms with Crippen LogP contribution >= 0.6 is 0 Å². The molecule has 2 aromatic carbocycles. The number of benzene rings is 2. The molecule has 0 aliphatic carbocycles. The highest BCUT2D eigenvalue weighted by Gasteiger charge is 2.07. The van der Waals surface area contributed by atoms with Crippen LogP contribution in [0.1, 0.15) is 11.4 Å². The van der Waals surface area contributed by atoms with Gasteiger partial charge in [-0.3, -0.25) is 0 Å². The third kappa shape index (κ3) is 2.95. The summed E-state index contributed by atoms with van der Waals surface area (Å²) in [6, 6.07) is 18.5. The quantitative estimate of drug-likeness (QED) is 0.532. The molecule has 0 spiro atoms. The number of nitrogens with two attached hydrogens (primary N) is 1. The largest absolute Gasteiger partial charge is 0.397 e. The first-order chi connectivity index (χ1) is 12.6. The van der Waals surface area contributed by atoms with Gasteiger partial charge < -0.3 is 20.2 Å². The van der Waals surface area contributed by atoms with E-state index < -0.39 is 0 Å². The summed E-state index contributed by atoms with van der Waals surface area (Å²) in [5.74, 6) is 0. The van der Waals surface area contributed by atoms with Crippen molar-refractivity contribution in [3.63, 3.8) is 0 Å². The number of rotatable bonds is 4. The van der Waals surface area contributed by atoms with Crippen molar-refractivity contribution in [2.45, 2.75) is 13.8 Å². The Morgan fingerprint density at radius 1 is 0.923 bits per heavy atom. The number of hydrogen-bond donors (Lipinski definition) is 2. The minimum Gasteiger partial charge on any atom is -0.397 e. The van der Waals surface area contributed by atoms with Gasteiger partial charge in [0.15, 0.2) is 0 Å². The zero-order valence-corrected chi connectivity index (χ0v) is 14.8. The zero-order chi connectivity index (χ0) is 18.1. The van der Waals surface area contributed by atoms with E-state index in [1.165, 1.54) is 11.4 Å². The maximum Gasteiger partial charge on any atom is 0.0991 e. The molecule has 0 atom stereocenters. The molecule has 2 heterocycles. The molecule has 4 aromatic rings. The number of anilines is 3. The molecule has 0 aliphatic heterocycles. The topological polar surface area (TPSA) is 60.8 Å². The lowest BCUT2D eigenvalue weighted by molar-refractivity contribution is 0.967. The van der Waals surface area contributed by atoms with Crippen molar-refractivity contribution in [1.82, 2.24) is 14.1 Å². The monoisotopic (exact) mass is 343 g/mol. The van der Waals surface area contributed by atoms with Crippen LogP contribution in [-0.4, -0.2) is 14.1 Å². The molecule has 130 valence electrons. The summed E-state index contributed by atoms with van der Waals surface area (Å²) in [6.45, 7) is 4.19. The van der Waals surface area contributed by atoms with Gasteiger partial charge in [0.05, 0.1) is 17.7 Å². The Kier molecular flexibility index (Phi) is 3.97. The maximum absolute atomic E-state index is 6.32. The van der Waals surface area contributed by atoms with Crippen LogP contribution in [0.25, 0.3) is 11.4 Å². The summed E-state index contributed by atoms with van der Waals surface area (Å²) >= 11 is 0. The molecule has 0 amide bonds. The molecular weight excluding hydrogens is 322 g/mol. The van der Waals surface area contributed by atoms with Gasteiger partial charge in [-0.1, -0.05) is 6.07 Å². The van der Waals surface area contributed by atoms with Crippen molar-refractivity contribution in [3.8, 4) is 11.4 Å². The van der Waals surface area contributed by atoms with Gasteiger partial charge in [0.1, 0.15) is 0 Å². The number of imidazole rings is 1. The Morgan fingerprint density at radius 2 is 1.73 bits per heavy atom. The van der Waals surface area contributed by atoms with Crippen LogP contribution in [0.15, 0.2) is 73.3 Å². The second kappa shape index (κ2) is 6.44. The van der Waals surface area contributed by atoms with Gasteiger partial charge in [0, 0.05) is 40.8 Å². The lowest BCUT2D eigenvalue weighted by atomic mass is 10.2. The Hall–Kier alpha value is -3.47. The third-order valence-electron chi connectivity index (χ3n) is 4.49. The van der Waals surface area contributed by atoms with E-state index in [-0.39, 0.29) is 0 Å². The van der Waals surface area contributed by atoms with E-state index in [2.05, 4.69) is 53.0 Å². The zero-order valence-electron chi connectivity index (χ0n) is 14.8. The molecule has 0 aliphatic rings. The molecule has 0 saturated carbocycles. The fraction of sp³-hybridized carbons (Fsp3) is 0.0952. The van der Waals surface area contributed by atoms with Crippen molar-refractivity contribution in [3.05, 3.63) is 84.7 Å². The fourth-order valence-electron chi connectivity index (χ4n) is 3.19. The van der Waals surface area contributed by atoms with E-state index in [0.29, 0.717) is 5.69 Å². The van der Waals surface area contributed by atoms with E-state index in [1.807, 2.05) is 41.1 Å². The molecule has 26 heavy (non-hydrogen) atoms. The van der Waals surface area contributed by atoms with Gasteiger partial charge in [-0.05, 0) is 62.4 Å². The van der Waals surface area contributed by atoms with Gasteiger partial charge in [-0.25, -0.2) is 4.98 Å². The minimum atomic E-state index is 0.711. The number of aromatic nitrogens is 3. The van der Waals surface area contributed by atoms with Crippen molar-refractivity contribution in [1.29, 1.82) is 0 Å². The van der Waals surface area contributed by atoms with E-state index >= 15 is 0 Å². The van der Waals surface area contributed by atoms with Crippen molar-refractivity contribution in [2.75, 3.05) is 11.1 Å². The molecule has 0 fully saturated rings. The SMILES string of the molecule is Cc1ccc(C)n1-c1ccc(Nc2cccc(-n3ccnc3)c2)c(N)c1. The molecule has 3 N–H and O–H groups in total. The van der Waals surface area contributed by atoms with Gasteiger partial charge in [0.25, 0.3) is 0 Å². The van der Waals surface area contributed by atoms with E-state index in [9.17, 15) is 0 Å². The van der Waals surface area contributed by atoms with Crippen LogP contribution in [0.4, 0.5) is 17.1 Å². The van der Waals surface area contributed by atoms with Crippen LogP contribution in [0.2, 0.25) is 0 Å². The normalized spacial score (nSPS) is 10.8. The molecule has 4 rings (SSSR count). The second-order valence-corrected chi connectivity index (χ2v) is 6.37. The molecule has 0 bridgehead atoms. The summed E-state index contributed by atoms with van der Waals surface area (Å²) in [4.78, 5) is 4.09. The molecule has 5 heteroatoms. The summed E-state index contributed by atoms with van der Waals surface area (Å²) in [5.41, 5.74) is 13.4. The standard InChI is InChI=1S/C21H21N5/c1-15-6-7-16(2)26(15)19-8-9-21(20(22)13-19)24-17-4-3-5-18(12-17)25-11-10-23-14-25/h3-14,24H,22H2,1-2H3. The van der Waals surface area contributed by atoms with E-state index in [4.69, 9.17) is 5.73 Å². The minimum absolute atomic E-state index is 0.711.